The fourth-order valence-electron chi connectivity index (χ4n) is 2.66. The van der Waals surface area contributed by atoms with Crippen molar-refractivity contribution in [1.82, 2.24) is 9.55 Å². The van der Waals surface area contributed by atoms with Crippen molar-refractivity contribution in [3.05, 3.63) is 41.9 Å². The van der Waals surface area contributed by atoms with Crippen molar-refractivity contribution in [2.45, 2.75) is 31.7 Å². The highest BCUT2D eigenvalue weighted by atomic mass is 16.5. The lowest BCUT2D eigenvalue weighted by Gasteiger charge is -2.23. The van der Waals surface area contributed by atoms with Gasteiger partial charge in [0.05, 0.1) is 31.4 Å². The number of hydrogen-bond donors (Lipinski definition) is 0. The zero-order valence-electron chi connectivity index (χ0n) is 10.8. The van der Waals surface area contributed by atoms with Crippen LogP contribution in [0.3, 0.4) is 0 Å². The highest BCUT2D eigenvalue weighted by Gasteiger charge is 2.29. The van der Waals surface area contributed by atoms with Crippen molar-refractivity contribution in [3.8, 4) is 0 Å². The Labute approximate surface area is 111 Å². The van der Waals surface area contributed by atoms with E-state index in [1.54, 1.807) is 12.5 Å². The summed E-state index contributed by atoms with van der Waals surface area (Å²) in [6.45, 7) is 0.902. The van der Waals surface area contributed by atoms with E-state index in [-0.39, 0.29) is 11.9 Å². The maximum atomic E-state index is 11.8. The first kappa shape index (κ1) is 12.0. The number of nitrogens with zero attached hydrogens (tertiary/aromatic N) is 2. The molecule has 1 atom stereocenters. The second-order valence-corrected chi connectivity index (χ2v) is 4.73. The minimum absolute atomic E-state index is 0.176. The van der Waals surface area contributed by atoms with E-state index in [2.05, 4.69) is 9.55 Å². The van der Waals surface area contributed by atoms with Crippen LogP contribution in [-0.4, -0.2) is 22.6 Å². The van der Waals surface area contributed by atoms with Crippen LogP contribution in [0, 0.1) is 0 Å². The SMILES string of the molecule is COC(=O)C1CCCn2c1cnc2Cc1ccco1. The molecule has 0 aromatic carbocycles. The van der Waals surface area contributed by atoms with E-state index < -0.39 is 0 Å². The molecule has 0 N–H and O–H groups in total. The number of methoxy groups -OCH3 is 1. The zero-order valence-corrected chi connectivity index (χ0v) is 10.8. The maximum absolute atomic E-state index is 11.8. The van der Waals surface area contributed by atoms with Crippen molar-refractivity contribution in [2.75, 3.05) is 7.11 Å². The number of imidazole rings is 1. The van der Waals surface area contributed by atoms with E-state index in [9.17, 15) is 4.79 Å². The van der Waals surface area contributed by atoms with E-state index in [0.717, 1.165) is 36.7 Å². The molecule has 0 bridgehead atoms. The van der Waals surface area contributed by atoms with Crippen molar-refractivity contribution < 1.29 is 13.9 Å². The molecule has 3 heterocycles. The second kappa shape index (κ2) is 4.91. The summed E-state index contributed by atoms with van der Waals surface area (Å²) in [5, 5.41) is 0. The lowest BCUT2D eigenvalue weighted by molar-refractivity contribution is -0.143. The predicted molar refractivity (Wildman–Crippen MR) is 67.7 cm³/mol. The van der Waals surface area contributed by atoms with E-state index in [1.807, 2.05) is 12.1 Å². The van der Waals surface area contributed by atoms with Crippen molar-refractivity contribution >= 4 is 5.97 Å². The van der Waals surface area contributed by atoms with Gasteiger partial charge < -0.3 is 13.7 Å². The summed E-state index contributed by atoms with van der Waals surface area (Å²) < 4.78 is 12.3. The van der Waals surface area contributed by atoms with E-state index >= 15 is 0 Å². The largest absolute Gasteiger partial charge is 0.469 e. The van der Waals surface area contributed by atoms with Gasteiger partial charge in [-0.3, -0.25) is 4.79 Å². The number of hydrogen-bond acceptors (Lipinski definition) is 4. The van der Waals surface area contributed by atoms with Gasteiger partial charge in [-0.2, -0.15) is 0 Å². The van der Waals surface area contributed by atoms with Gasteiger partial charge in [-0.15, -0.1) is 0 Å². The van der Waals surface area contributed by atoms with Gasteiger partial charge in [0.25, 0.3) is 0 Å². The van der Waals surface area contributed by atoms with Gasteiger partial charge in [-0.1, -0.05) is 0 Å². The molecule has 1 aliphatic rings. The molecule has 5 heteroatoms. The van der Waals surface area contributed by atoms with Crippen molar-refractivity contribution in [2.24, 2.45) is 0 Å². The quantitative estimate of drug-likeness (QED) is 0.793. The minimum Gasteiger partial charge on any atom is -0.469 e. The first-order chi connectivity index (χ1) is 9.29. The Balaban J connectivity index is 1.89. The topological polar surface area (TPSA) is 57.3 Å². The van der Waals surface area contributed by atoms with Crippen LogP contribution in [0.5, 0.6) is 0 Å². The van der Waals surface area contributed by atoms with Crippen LogP contribution in [0.1, 0.15) is 36.0 Å². The Morgan fingerprint density at radius 3 is 3.26 bits per heavy atom. The molecule has 3 rings (SSSR count). The van der Waals surface area contributed by atoms with Gasteiger partial charge in [0, 0.05) is 12.7 Å². The average molecular weight is 260 g/mol. The highest BCUT2D eigenvalue weighted by molar-refractivity contribution is 5.77. The summed E-state index contributed by atoms with van der Waals surface area (Å²) >= 11 is 0. The molecular weight excluding hydrogens is 244 g/mol. The van der Waals surface area contributed by atoms with Gasteiger partial charge in [0.2, 0.25) is 0 Å². The standard InChI is InChI=1S/C14H16N2O3/c1-18-14(17)11-5-2-6-16-12(11)9-15-13(16)8-10-4-3-7-19-10/h3-4,7,9,11H,2,5-6,8H2,1H3. The van der Waals surface area contributed by atoms with Crippen LogP contribution >= 0.6 is 0 Å². The fraction of sp³-hybridized carbons (Fsp3) is 0.429. The molecule has 0 fully saturated rings. The summed E-state index contributed by atoms with van der Waals surface area (Å²) in [5.74, 6) is 1.47. The summed E-state index contributed by atoms with van der Waals surface area (Å²) in [6.07, 6.45) is 5.90. The molecule has 0 saturated carbocycles. The molecule has 0 amide bonds. The monoisotopic (exact) mass is 260 g/mol. The molecule has 0 spiro atoms. The first-order valence-corrected chi connectivity index (χ1v) is 6.44. The third-order valence-electron chi connectivity index (χ3n) is 3.60. The lowest BCUT2D eigenvalue weighted by Crippen LogP contribution is -2.23. The number of fused-ring (bicyclic) bond motifs is 1. The van der Waals surface area contributed by atoms with Gasteiger partial charge >= 0.3 is 5.97 Å². The number of furan rings is 1. The Morgan fingerprint density at radius 1 is 1.63 bits per heavy atom. The molecule has 0 saturated heterocycles. The van der Waals surface area contributed by atoms with Gasteiger partial charge in [-0.05, 0) is 25.0 Å². The maximum Gasteiger partial charge on any atom is 0.314 e. The van der Waals surface area contributed by atoms with Crippen LogP contribution in [0.2, 0.25) is 0 Å². The van der Waals surface area contributed by atoms with Gasteiger partial charge in [0.15, 0.2) is 0 Å². The molecule has 2 aromatic rings. The Hall–Kier alpha value is -2.04. The average Bonchev–Trinajstić information content (AvgIpc) is 3.08. The van der Waals surface area contributed by atoms with Gasteiger partial charge in [0.1, 0.15) is 11.6 Å². The molecule has 19 heavy (non-hydrogen) atoms. The number of carbonyl (C=O) groups is 1. The van der Waals surface area contributed by atoms with Crippen LogP contribution in [-0.2, 0) is 22.5 Å². The molecule has 5 nitrogen and oxygen atoms in total. The Morgan fingerprint density at radius 2 is 2.53 bits per heavy atom. The van der Waals surface area contributed by atoms with Crippen molar-refractivity contribution in [3.63, 3.8) is 0 Å². The Bertz CT molecular complexity index is 572. The minimum atomic E-state index is -0.184. The molecule has 1 unspecified atom stereocenters. The fourth-order valence-corrected chi connectivity index (χ4v) is 2.66. The van der Waals surface area contributed by atoms with Gasteiger partial charge in [-0.25, -0.2) is 4.98 Å². The van der Waals surface area contributed by atoms with Crippen molar-refractivity contribution in [1.29, 1.82) is 0 Å². The summed E-state index contributed by atoms with van der Waals surface area (Å²) in [5.41, 5.74) is 0.958. The van der Waals surface area contributed by atoms with Crippen LogP contribution < -0.4 is 0 Å². The molecule has 100 valence electrons. The summed E-state index contributed by atoms with van der Waals surface area (Å²) in [7, 11) is 1.43. The van der Waals surface area contributed by atoms with Crippen LogP contribution in [0.25, 0.3) is 0 Å². The smallest absolute Gasteiger partial charge is 0.314 e. The molecule has 0 radical (unpaired) electrons. The van der Waals surface area contributed by atoms with E-state index in [4.69, 9.17) is 9.15 Å². The van der Waals surface area contributed by atoms with Crippen LogP contribution in [0.15, 0.2) is 29.0 Å². The normalized spacial score (nSPS) is 18.1. The Kier molecular flexibility index (Phi) is 3.11. The molecule has 1 aliphatic heterocycles. The van der Waals surface area contributed by atoms with E-state index in [1.165, 1.54) is 7.11 Å². The third kappa shape index (κ3) is 2.16. The number of ether oxygens (including phenoxy) is 1. The number of aromatic nitrogens is 2. The summed E-state index contributed by atoms with van der Waals surface area (Å²) in [6, 6.07) is 3.80. The van der Waals surface area contributed by atoms with E-state index in [0.29, 0.717) is 6.42 Å². The molecule has 2 aromatic heterocycles. The zero-order chi connectivity index (χ0) is 13.2. The molecule has 0 aliphatic carbocycles. The highest BCUT2D eigenvalue weighted by Crippen LogP contribution is 2.29. The predicted octanol–water partition coefficient (Wildman–Crippen LogP) is 2.12. The number of carbonyl (C=O) groups excluding carboxylic acids is 1. The van der Waals surface area contributed by atoms with Crippen LogP contribution in [0.4, 0.5) is 0 Å². The lowest BCUT2D eigenvalue weighted by atomic mass is 9.96. The summed E-state index contributed by atoms with van der Waals surface area (Å²) in [4.78, 5) is 16.2. The number of rotatable bonds is 3. The molecular formula is C14H16N2O3. The number of esters is 1. The third-order valence-corrected chi connectivity index (χ3v) is 3.60. The first-order valence-electron chi connectivity index (χ1n) is 6.44. The second-order valence-electron chi connectivity index (χ2n) is 4.73.